The van der Waals surface area contributed by atoms with Crippen LogP contribution in [0, 0.1) is 24.7 Å². The molecule has 0 unspecified atom stereocenters. The lowest BCUT2D eigenvalue weighted by atomic mass is 10.2. The highest BCUT2D eigenvalue weighted by molar-refractivity contribution is 7.91. The van der Waals surface area contributed by atoms with E-state index in [2.05, 4.69) is 11.8 Å². The number of sulfone groups is 1. The van der Waals surface area contributed by atoms with Crippen molar-refractivity contribution in [2.75, 3.05) is 0 Å². The summed E-state index contributed by atoms with van der Waals surface area (Å²) in [6, 6.07) is 41.1. The minimum Gasteiger partial charge on any atom is -0.457 e. The Hall–Kier alpha value is -6.41. The third-order valence-corrected chi connectivity index (χ3v) is 8.69. The van der Waals surface area contributed by atoms with Gasteiger partial charge in [-0.3, -0.25) is 0 Å². The van der Waals surface area contributed by atoms with Gasteiger partial charge in [-0.2, -0.15) is 0 Å². The molecule has 6 rings (SSSR count). The fourth-order valence-electron chi connectivity index (χ4n) is 4.44. The SMILES string of the molecule is C#Cc1ccc(Oc2ccc(Oc3ccc(S(=O)(=O)c4ccc(Oc5ccc(Oc6ccc(C#C)cc6)cc5)cc4)cc3)cc2)cc1. The van der Waals surface area contributed by atoms with Crippen molar-refractivity contribution in [3.05, 3.63) is 157 Å². The molecule has 0 radical (unpaired) electrons. The highest BCUT2D eigenvalue weighted by Gasteiger charge is 2.18. The lowest BCUT2D eigenvalue weighted by Crippen LogP contribution is -2.01. The second kappa shape index (κ2) is 13.7. The summed E-state index contributed by atoms with van der Waals surface area (Å²) in [7, 11) is -3.76. The first-order chi connectivity index (χ1) is 22.9. The van der Waals surface area contributed by atoms with E-state index in [1.807, 2.05) is 24.3 Å². The Morgan fingerprint density at radius 3 is 0.745 bits per heavy atom. The third-order valence-electron chi connectivity index (χ3n) is 6.90. The summed E-state index contributed by atoms with van der Waals surface area (Å²) in [5.41, 5.74) is 1.55. The van der Waals surface area contributed by atoms with Gasteiger partial charge in [-0.15, -0.1) is 12.8 Å². The summed E-state index contributed by atoms with van der Waals surface area (Å²) in [4.78, 5) is 0.283. The van der Waals surface area contributed by atoms with Gasteiger partial charge in [-0.25, -0.2) is 8.42 Å². The number of hydrogen-bond donors (Lipinski definition) is 0. The van der Waals surface area contributed by atoms with E-state index in [0.717, 1.165) is 11.1 Å². The van der Waals surface area contributed by atoms with Gasteiger partial charge in [0.25, 0.3) is 0 Å². The van der Waals surface area contributed by atoms with Gasteiger partial charge in [0.15, 0.2) is 0 Å². The van der Waals surface area contributed by atoms with Crippen molar-refractivity contribution in [1.82, 2.24) is 0 Å². The molecule has 7 heteroatoms. The van der Waals surface area contributed by atoms with Crippen molar-refractivity contribution in [3.63, 3.8) is 0 Å². The molecule has 0 amide bonds. The topological polar surface area (TPSA) is 71.1 Å². The zero-order valence-electron chi connectivity index (χ0n) is 24.9. The van der Waals surface area contributed by atoms with E-state index in [1.54, 1.807) is 97.1 Å². The predicted molar refractivity (Wildman–Crippen MR) is 180 cm³/mol. The standard InChI is InChI=1S/C40H26O6S/c1-3-29-5-9-31(10-6-29)43-33-13-17-35(18-14-33)45-37-21-25-39(26-22-37)47(41,42)40-27-23-38(24-28-40)46-36-19-15-34(16-20-36)44-32-11-7-30(4-2)8-12-32/h1-2,5-28H. The molecule has 0 atom stereocenters. The highest BCUT2D eigenvalue weighted by Crippen LogP contribution is 2.31. The van der Waals surface area contributed by atoms with Crippen molar-refractivity contribution in [2.24, 2.45) is 0 Å². The quantitative estimate of drug-likeness (QED) is 0.140. The zero-order valence-corrected chi connectivity index (χ0v) is 25.7. The lowest BCUT2D eigenvalue weighted by molar-refractivity contribution is 0.469. The second-order valence-electron chi connectivity index (χ2n) is 10.1. The van der Waals surface area contributed by atoms with E-state index in [-0.39, 0.29) is 9.79 Å². The minimum atomic E-state index is -3.76. The van der Waals surface area contributed by atoms with Crippen LogP contribution in [-0.4, -0.2) is 8.42 Å². The molecule has 0 aliphatic carbocycles. The minimum absolute atomic E-state index is 0.141. The largest absolute Gasteiger partial charge is 0.457 e. The van der Waals surface area contributed by atoms with Gasteiger partial charge in [-0.1, -0.05) is 11.8 Å². The van der Waals surface area contributed by atoms with Gasteiger partial charge >= 0.3 is 0 Å². The van der Waals surface area contributed by atoms with Gasteiger partial charge in [0.2, 0.25) is 9.84 Å². The molecule has 0 bridgehead atoms. The van der Waals surface area contributed by atoms with Gasteiger partial charge in [0.1, 0.15) is 46.0 Å². The number of benzene rings is 6. The summed E-state index contributed by atoms with van der Waals surface area (Å²) in [6.07, 6.45) is 10.8. The van der Waals surface area contributed by atoms with Crippen LogP contribution < -0.4 is 18.9 Å². The molecule has 6 aromatic rings. The van der Waals surface area contributed by atoms with E-state index in [9.17, 15) is 8.42 Å². The molecule has 0 saturated carbocycles. The Kier molecular flexibility index (Phi) is 8.93. The summed E-state index contributed by atoms with van der Waals surface area (Å²) >= 11 is 0. The van der Waals surface area contributed by atoms with Gasteiger partial charge < -0.3 is 18.9 Å². The molecular weight excluding hydrogens is 609 g/mol. The van der Waals surface area contributed by atoms with E-state index >= 15 is 0 Å². The monoisotopic (exact) mass is 634 g/mol. The first kappa shape index (κ1) is 30.6. The fourth-order valence-corrected chi connectivity index (χ4v) is 5.70. The Balaban J connectivity index is 1.04. The summed E-state index contributed by atoms with van der Waals surface area (Å²) in [5.74, 6) is 9.86. The molecule has 0 N–H and O–H groups in total. The van der Waals surface area contributed by atoms with E-state index in [4.69, 9.17) is 31.8 Å². The van der Waals surface area contributed by atoms with Crippen LogP contribution in [0.1, 0.15) is 11.1 Å². The van der Waals surface area contributed by atoms with Gasteiger partial charge in [-0.05, 0) is 146 Å². The maximum absolute atomic E-state index is 13.3. The van der Waals surface area contributed by atoms with Crippen LogP contribution in [-0.2, 0) is 9.84 Å². The van der Waals surface area contributed by atoms with Crippen LogP contribution in [0.3, 0.4) is 0 Å². The molecule has 47 heavy (non-hydrogen) atoms. The number of rotatable bonds is 10. The van der Waals surface area contributed by atoms with Crippen molar-refractivity contribution in [1.29, 1.82) is 0 Å². The van der Waals surface area contributed by atoms with E-state index in [1.165, 1.54) is 24.3 Å². The van der Waals surface area contributed by atoms with Crippen LogP contribution in [0.25, 0.3) is 0 Å². The maximum atomic E-state index is 13.3. The van der Waals surface area contributed by atoms with Crippen LogP contribution in [0.2, 0.25) is 0 Å². The molecule has 228 valence electrons. The first-order valence-electron chi connectivity index (χ1n) is 14.4. The van der Waals surface area contributed by atoms with Crippen molar-refractivity contribution in [3.8, 4) is 70.7 Å². The van der Waals surface area contributed by atoms with Gasteiger partial charge in [0.05, 0.1) is 9.79 Å². The Morgan fingerprint density at radius 2 is 0.532 bits per heavy atom. The van der Waals surface area contributed by atoms with Crippen molar-refractivity contribution < 1.29 is 27.4 Å². The molecule has 0 aliphatic rings. The molecule has 6 nitrogen and oxygen atoms in total. The molecule has 0 aliphatic heterocycles. The van der Waals surface area contributed by atoms with E-state index in [0.29, 0.717) is 46.0 Å². The van der Waals surface area contributed by atoms with Crippen LogP contribution >= 0.6 is 0 Å². The number of ether oxygens (including phenoxy) is 4. The summed E-state index contributed by atoms with van der Waals surface area (Å²) < 4.78 is 50.1. The molecule has 0 fully saturated rings. The Morgan fingerprint density at radius 1 is 0.340 bits per heavy atom. The Labute approximate surface area is 273 Å². The molecule has 6 aromatic carbocycles. The van der Waals surface area contributed by atoms with E-state index < -0.39 is 9.84 Å². The van der Waals surface area contributed by atoms with Gasteiger partial charge in [0, 0.05) is 11.1 Å². The molecular formula is C40H26O6S. The second-order valence-corrected chi connectivity index (χ2v) is 12.1. The summed E-state index contributed by atoms with van der Waals surface area (Å²) in [6.45, 7) is 0. The fraction of sp³-hybridized carbons (Fsp3) is 0. The van der Waals surface area contributed by atoms with Crippen LogP contribution in [0.5, 0.6) is 46.0 Å². The molecule has 0 heterocycles. The normalized spacial score (nSPS) is 10.7. The van der Waals surface area contributed by atoms with Crippen LogP contribution in [0.15, 0.2) is 155 Å². The highest BCUT2D eigenvalue weighted by atomic mass is 32.2. The average molecular weight is 635 g/mol. The van der Waals surface area contributed by atoms with Crippen molar-refractivity contribution >= 4 is 9.84 Å². The van der Waals surface area contributed by atoms with Crippen LogP contribution in [0.4, 0.5) is 0 Å². The summed E-state index contributed by atoms with van der Waals surface area (Å²) in [5, 5.41) is 0. The number of hydrogen-bond acceptors (Lipinski definition) is 6. The molecule has 0 saturated heterocycles. The smallest absolute Gasteiger partial charge is 0.206 e. The predicted octanol–water partition coefficient (Wildman–Crippen LogP) is 9.65. The first-order valence-corrected chi connectivity index (χ1v) is 15.9. The molecule has 0 spiro atoms. The average Bonchev–Trinajstić information content (AvgIpc) is 3.11. The molecule has 0 aromatic heterocycles. The maximum Gasteiger partial charge on any atom is 0.206 e. The lowest BCUT2D eigenvalue weighted by Gasteiger charge is -2.10. The third kappa shape index (κ3) is 7.64. The number of terminal acetylenes is 2. The Bertz CT molecular complexity index is 2000. The zero-order chi connectivity index (χ0) is 32.6. The van der Waals surface area contributed by atoms with Crippen molar-refractivity contribution in [2.45, 2.75) is 9.79 Å².